The number of aliphatic imine (C=N–C) groups is 1. The third-order valence-corrected chi connectivity index (χ3v) is 5.16. The molecule has 0 amide bonds. The van der Waals surface area contributed by atoms with Crippen LogP contribution in [0.15, 0.2) is 17.1 Å². The van der Waals surface area contributed by atoms with Crippen molar-refractivity contribution in [2.75, 3.05) is 33.5 Å². The maximum atomic E-state index is 8.36. The van der Waals surface area contributed by atoms with Crippen LogP contribution >= 0.6 is 11.6 Å². The highest BCUT2D eigenvalue weighted by molar-refractivity contribution is 6.32. The summed E-state index contributed by atoms with van der Waals surface area (Å²) in [5.74, 6) is 0.920. The van der Waals surface area contributed by atoms with Crippen LogP contribution in [-0.4, -0.2) is 51.4 Å². The molecule has 0 N–H and O–H groups in total. The number of methoxy groups -OCH3 is 1. The van der Waals surface area contributed by atoms with Crippen LogP contribution in [0.25, 0.3) is 0 Å². The van der Waals surface area contributed by atoms with Gasteiger partial charge in [0.1, 0.15) is 17.6 Å². The molecular formula is C20H26ClNO4. The lowest BCUT2D eigenvalue weighted by molar-refractivity contribution is -0.152. The van der Waals surface area contributed by atoms with E-state index in [9.17, 15) is 0 Å². The van der Waals surface area contributed by atoms with Gasteiger partial charge in [0.25, 0.3) is 0 Å². The van der Waals surface area contributed by atoms with Crippen molar-refractivity contribution in [3.8, 4) is 11.5 Å². The summed E-state index contributed by atoms with van der Waals surface area (Å²) in [6, 6.07) is 1.10. The number of fused-ring (bicyclic) bond motifs is 1. The van der Waals surface area contributed by atoms with Gasteiger partial charge in [-0.2, -0.15) is 0 Å². The van der Waals surface area contributed by atoms with Crippen molar-refractivity contribution in [1.29, 1.82) is 0 Å². The van der Waals surface area contributed by atoms with Gasteiger partial charge in [0.15, 0.2) is 0 Å². The zero-order valence-corrected chi connectivity index (χ0v) is 15.7. The van der Waals surface area contributed by atoms with Crippen LogP contribution in [0.2, 0.25) is 5.02 Å². The Balaban J connectivity index is 1.70. The van der Waals surface area contributed by atoms with Gasteiger partial charge >= 0.3 is 0 Å². The van der Waals surface area contributed by atoms with Crippen molar-refractivity contribution < 1.29 is 25.8 Å². The molecule has 26 heavy (non-hydrogen) atoms. The molecule has 1 aromatic carbocycles. The smallest absolute Gasteiger partial charge is 0.141 e. The van der Waals surface area contributed by atoms with Gasteiger partial charge in [-0.1, -0.05) is 18.5 Å². The summed E-state index contributed by atoms with van der Waals surface area (Å²) in [5, 5.41) is 0.338. The average molecular weight is 385 g/mol. The van der Waals surface area contributed by atoms with Gasteiger partial charge in [0.05, 0.1) is 37.6 Å². The van der Waals surface area contributed by atoms with Gasteiger partial charge in [0.2, 0.25) is 0 Å². The fraction of sp³-hybridized carbons (Fsp3) is 0.650. The molecule has 0 aromatic heterocycles. The van der Waals surface area contributed by atoms with Gasteiger partial charge in [-0.3, -0.25) is 4.99 Å². The van der Waals surface area contributed by atoms with E-state index in [0.717, 1.165) is 0 Å². The third-order valence-electron chi connectivity index (χ3n) is 4.87. The molecule has 2 heterocycles. The molecule has 0 radical (unpaired) electrons. The number of rotatable bonds is 7. The standard InChI is InChI=1S/C20H26ClNO4/c1-20(11-24-12-20)19-9-16(22-13-4-5-13)14-8-15(21)18(10-17(14)26-19)25-7-3-6-23-2/h8,10,13,19H,3-7,9,11-12H2,1-2H3/b22-16+/i4D2,5D2,13D. The summed E-state index contributed by atoms with van der Waals surface area (Å²) >= 11 is 6.42. The predicted molar refractivity (Wildman–Crippen MR) is 101 cm³/mol. The third kappa shape index (κ3) is 3.71. The van der Waals surface area contributed by atoms with Crippen LogP contribution in [0.3, 0.4) is 0 Å². The summed E-state index contributed by atoms with van der Waals surface area (Å²) in [6.45, 7) is 4.04. The second-order valence-electron chi connectivity index (χ2n) is 7.09. The van der Waals surface area contributed by atoms with Gasteiger partial charge in [-0.25, -0.2) is 0 Å². The van der Waals surface area contributed by atoms with Crippen molar-refractivity contribution in [3.05, 3.63) is 22.7 Å². The van der Waals surface area contributed by atoms with E-state index in [4.69, 9.17) is 37.4 Å². The van der Waals surface area contributed by atoms with Crippen molar-refractivity contribution in [3.63, 3.8) is 0 Å². The lowest BCUT2D eigenvalue weighted by Gasteiger charge is -2.46. The van der Waals surface area contributed by atoms with Crippen molar-refractivity contribution in [2.45, 2.75) is 44.6 Å². The minimum Gasteiger partial charge on any atom is -0.492 e. The Morgan fingerprint density at radius 3 is 2.85 bits per heavy atom. The van der Waals surface area contributed by atoms with Gasteiger partial charge in [0, 0.05) is 49.4 Å². The molecule has 1 saturated heterocycles. The highest BCUT2D eigenvalue weighted by Crippen LogP contribution is 2.43. The first-order valence-electron chi connectivity index (χ1n) is 11.3. The summed E-state index contributed by atoms with van der Waals surface area (Å²) in [6.07, 6.45) is -4.06. The van der Waals surface area contributed by atoms with Gasteiger partial charge in [-0.15, -0.1) is 0 Å². The Labute approximate surface area is 166 Å². The SMILES string of the molecule is [2H]C1([2H])C([2H])([2H])C1([2H])/N=C1\CC(C2(C)COC2)Oc2cc(OCCCOC)c(Cl)cc21. The maximum absolute atomic E-state index is 8.36. The molecule has 2 aliphatic heterocycles. The van der Waals surface area contributed by atoms with E-state index in [2.05, 4.69) is 4.99 Å². The lowest BCUT2D eigenvalue weighted by atomic mass is 9.78. The zero-order chi connectivity index (χ0) is 22.7. The minimum absolute atomic E-state index is 0.256. The monoisotopic (exact) mass is 384 g/mol. The topological polar surface area (TPSA) is 49.3 Å². The van der Waals surface area contributed by atoms with E-state index in [1.807, 2.05) is 6.92 Å². The van der Waals surface area contributed by atoms with E-state index in [1.54, 1.807) is 19.2 Å². The fourth-order valence-electron chi connectivity index (χ4n) is 3.16. The quantitative estimate of drug-likeness (QED) is 0.669. The number of benzene rings is 1. The van der Waals surface area contributed by atoms with Crippen molar-refractivity contribution in [1.82, 2.24) is 0 Å². The predicted octanol–water partition coefficient (Wildman–Crippen LogP) is 3.89. The van der Waals surface area contributed by atoms with Gasteiger partial charge < -0.3 is 18.9 Å². The second kappa shape index (κ2) is 7.37. The first-order valence-corrected chi connectivity index (χ1v) is 9.13. The summed E-state index contributed by atoms with van der Waals surface area (Å²) < 4.78 is 62.4. The van der Waals surface area contributed by atoms with Crippen LogP contribution < -0.4 is 9.47 Å². The second-order valence-corrected chi connectivity index (χ2v) is 7.50. The Hall–Kier alpha value is -1.30. The lowest BCUT2D eigenvalue weighted by Crippen LogP contribution is -2.53. The average Bonchev–Trinajstić information content (AvgIpc) is 2.99. The zero-order valence-electron chi connectivity index (χ0n) is 19.9. The number of hydrogen-bond donors (Lipinski definition) is 0. The van der Waals surface area contributed by atoms with Crippen LogP contribution in [0, 0.1) is 5.41 Å². The maximum Gasteiger partial charge on any atom is 0.141 e. The van der Waals surface area contributed by atoms with Gasteiger partial charge in [-0.05, 0) is 18.8 Å². The minimum atomic E-state index is -2.38. The van der Waals surface area contributed by atoms with Crippen LogP contribution in [0.1, 0.15) is 44.9 Å². The Morgan fingerprint density at radius 1 is 1.38 bits per heavy atom. The van der Waals surface area contributed by atoms with Crippen LogP contribution in [0.4, 0.5) is 0 Å². The number of nitrogens with zero attached hydrogens (tertiary/aromatic N) is 1. The van der Waals surface area contributed by atoms with E-state index in [1.165, 1.54) is 0 Å². The molecule has 5 nitrogen and oxygen atoms in total. The summed E-state index contributed by atoms with van der Waals surface area (Å²) in [4.78, 5) is 4.30. The highest BCUT2D eigenvalue weighted by Gasteiger charge is 2.46. The van der Waals surface area contributed by atoms with Crippen LogP contribution in [0.5, 0.6) is 11.5 Å². The van der Waals surface area contributed by atoms with E-state index >= 15 is 0 Å². The van der Waals surface area contributed by atoms with E-state index in [-0.39, 0.29) is 11.5 Å². The van der Waals surface area contributed by atoms with Crippen LogP contribution in [-0.2, 0) is 9.47 Å². The molecule has 0 spiro atoms. The summed E-state index contributed by atoms with van der Waals surface area (Å²) in [5.41, 5.74) is 0.681. The molecule has 3 aliphatic rings. The molecule has 6 heteroatoms. The molecule has 1 aliphatic carbocycles. The number of halogens is 1. The molecule has 142 valence electrons. The molecule has 4 rings (SSSR count). The molecule has 1 aromatic rings. The van der Waals surface area contributed by atoms with Crippen molar-refractivity contribution in [2.24, 2.45) is 10.4 Å². The summed E-state index contributed by atoms with van der Waals surface area (Å²) in [7, 11) is 1.62. The fourth-order valence-corrected chi connectivity index (χ4v) is 3.38. The molecular weight excluding hydrogens is 354 g/mol. The molecule has 1 unspecified atom stereocenters. The van der Waals surface area contributed by atoms with E-state index in [0.29, 0.717) is 67.1 Å². The first-order chi connectivity index (χ1) is 14.5. The molecule has 1 saturated carbocycles. The highest BCUT2D eigenvalue weighted by atomic mass is 35.5. The molecule has 0 bridgehead atoms. The number of hydrogen-bond acceptors (Lipinski definition) is 5. The Morgan fingerprint density at radius 2 is 2.19 bits per heavy atom. The largest absolute Gasteiger partial charge is 0.492 e. The Kier molecular flexibility index (Phi) is 3.68. The molecule has 1 atom stereocenters. The number of ether oxygens (including phenoxy) is 4. The van der Waals surface area contributed by atoms with E-state index < -0.39 is 18.8 Å². The first kappa shape index (κ1) is 13.0. The normalized spacial score (nSPS) is 33.3. The molecule has 2 fully saturated rings. The Bertz CT molecular complexity index is 892. The van der Waals surface area contributed by atoms with Crippen molar-refractivity contribution >= 4 is 17.3 Å².